The molecule has 146 valence electrons. The van der Waals surface area contributed by atoms with E-state index in [0.29, 0.717) is 12.2 Å². The molecule has 28 heavy (non-hydrogen) atoms. The van der Waals surface area contributed by atoms with Gasteiger partial charge in [-0.2, -0.15) is 10.2 Å². The second-order valence-corrected chi connectivity index (χ2v) is 7.26. The van der Waals surface area contributed by atoms with Gasteiger partial charge in [-0.1, -0.05) is 12.1 Å². The van der Waals surface area contributed by atoms with Gasteiger partial charge in [0.25, 0.3) is 0 Å². The van der Waals surface area contributed by atoms with E-state index >= 15 is 0 Å². The molecule has 1 atom stereocenters. The quantitative estimate of drug-likeness (QED) is 0.604. The predicted octanol–water partition coefficient (Wildman–Crippen LogP) is 2.20. The van der Waals surface area contributed by atoms with Crippen molar-refractivity contribution in [1.29, 1.82) is 0 Å². The maximum Gasteiger partial charge on any atom is 0.124 e. The first-order valence-electron chi connectivity index (χ1n) is 9.30. The number of hydrogen-bond acceptors (Lipinski definition) is 6. The first kappa shape index (κ1) is 18.1. The number of hydrazine groups is 1. The molecule has 5 N–H and O–H groups in total. The number of allylic oxidation sites excluding steroid dienone is 1. The van der Waals surface area contributed by atoms with Gasteiger partial charge >= 0.3 is 0 Å². The molecule has 0 saturated heterocycles. The summed E-state index contributed by atoms with van der Waals surface area (Å²) < 4.78 is 3.64. The molecule has 0 aliphatic carbocycles. The van der Waals surface area contributed by atoms with Crippen LogP contribution in [0.5, 0.6) is 0 Å². The number of benzene rings is 1. The summed E-state index contributed by atoms with van der Waals surface area (Å²) in [5, 5.41) is 13.9. The summed E-state index contributed by atoms with van der Waals surface area (Å²) in [6.45, 7) is 2.58. The Morgan fingerprint density at radius 3 is 2.64 bits per heavy atom. The Kier molecular flexibility index (Phi) is 4.56. The molecule has 0 radical (unpaired) electrons. The van der Waals surface area contributed by atoms with Crippen LogP contribution in [0.1, 0.15) is 30.5 Å². The number of anilines is 1. The van der Waals surface area contributed by atoms with Crippen molar-refractivity contribution >= 4 is 11.5 Å². The van der Waals surface area contributed by atoms with Gasteiger partial charge < -0.3 is 16.1 Å². The molecule has 1 unspecified atom stereocenters. The lowest BCUT2D eigenvalue weighted by Gasteiger charge is -2.22. The van der Waals surface area contributed by atoms with Gasteiger partial charge in [0, 0.05) is 49.7 Å². The van der Waals surface area contributed by atoms with Crippen LogP contribution in [0.25, 0.3) is 16.8 Å². The second-order valence-electron chi connectivity index (χ2n) is 7.26. The monoisotopic (exact) mass is 378 g/mol. The molecule has 0 bridgehead atoms. The lowest BCUT2D eigenvalue weighted by atomic mass is 9.93. The third-order valence-electron chi connectivity index (χ3n) is 5.18. The first-order chi connectivity index (χ1) is 13.4. The highest BCUT2D eigenvalue weighted by Crippen LogP contribution is 2.37. The van der Waals surface area contributed by atoms with Crippen LogP contribution in [0.15, 0.2) is 48.6 Å². The number of nitrogens with zero attached hydrogens (tertiary/aromatic N) is 5. The van der Waals surface area contributed by atoms with Gasteiger partial charge in [-0.15, -0.1) is 0 Å². The Hall–Kier alpha value is -3.26. The fourth-order valence-electron chi connectivity index (χ4n) is 3.79. The van der Waals surface area contributed by atoms with Gasteiger partial charge in [0.1, 0.15) is 5.82 Å². The van der Waals surface area contributed by atoms with Crippen molar-refractivity contribution in [3.05, 3.63) is 59.7 Å². The second kappa shape index (κ2) is 7.05. The Morgan fingerprint density at radius 2 is 2.00 bits per heavy atom. The van der Waals surface area contributed by atoms with E-state index in [9.17, 15) is 0 Å². The highest BCUT2D eigenvalue weighted by Gasteiger charge is 2.26. The van der Waals surface area contributed by atoms with Gasteiger partial charge in [-0.05, 0) is 30.5 Å². The summed E-state index contributed by atoms with van der Waals surface area (Å²) in [5.74, 6) is 7.31. The minimum absolute atomic E-state index is 0.0740. The number of aromatic nitrogens is 4. The smallest absolute Gasteiger partial charge is 0.124 e. The topological polar surface area (TPSA) is 103 Å². The maximum absolute atomic E-state index is 6.35. The van der Waals surface area contributed by atoms with Crippen molar-refractivity contribution in [1.82, 2.24) is 24.6 Å². The van der Waals surface area contributed by atoms with E-state index in [4.69, 9.17) is 11.6 Å². The van der Waals surface area contributed by atoms with Crippen LogP contribution in [0.4, 0.5) is 5.82 Å². The minimum atomic E-state index is 0.0740. The van der Waals surface area contributed by atoms with Crippen molar-refractivity contribution in [2.75, 3.05) is 11.9 Å². The first-order valence-corrected chi connectivity index (χ1v) is 9.30. The molecule has 8 heteroatoms. The predicted molar refractivity (Wildman–Crippen MR) is 111 cm³/mol. The number of nitrogens with one attached hydrogen (secondary N) is 1. The maximum atomic E-state index is 6.35. The van der Waals surface area contributed by atoms with Crippen LogP contribution in [-0.2, 0) is 14.1 Å². The van der Waals surface area contributed by atoms with Crippen molar-refractivity contribution in [3.63, 3.8) is 0 Å². The Morgan fingerprint density at radius 1 is 1.18 bits per heavy atom. The van der Waals surface area contributed by atoms with Crippen molar-refractivity contribution < 1.29 is 0 Å². The van der Waals surface area contributed by atoms with Gasteiger partial charge in [-0.25, -0.2) is 5.84 Å². The third-order valence-corrected chi connectivity index (χ3v) is 5.18. The fourth-order valence-corrected chi connectivity index (χ4v) is 3.79. The number of hydrogen-bond donors (Lipinski definition) is 3. The molecule has 1 aliphatic rings. The summed E-state index contributed by atoms with van der Waals surface area (Å²) in [5.41, 5.74) is 12.2. The molecule has 2 aromatic heterocycles. The summed E-state index contributed by atoms with van der Waals surface area (Å²) >= 11 is 0. The number of nitrogens with two attached hydrogens (primary N) is 2. The summed E-state index contributed by atoms with van der Waals surface area (Å²) in [6, 6.07) is 8.46. The number of rotatable bonds is 3. The molecular formula is C20H26N8. The Balaban J connectivity index is 1.85. The molecule has 8 nitrogen and oxygen atoms in total. The van der Waals surface area contributed by atoms with E-state index < -0.39 is 0 Å². The average Bonchev–Trinajstić information content (AvgIpc) is 3.23. The third kappa shape index (κ3) is 3.22. The van der Waals surface area contributed by atoms with Gasteiger partial charge in [0.2, 0.25) is 0 Å². The normalized spacial score (nSPS) is 18.6. The van der Waals surface area contributed by atoms with E-state index in [1.165, 1.54) is 0 Å². The largest absolute Gasteiger partial charge is 0.401 e. The van der Waals surface area contributed by atoms with Crippen molar-refractivity contribution in [2.45, 2.75) is 19.4 Å². The lowest BCUT2D eigenvalue weighted by molar-refractivity contribution is 0.401. The van der Waals surface area contributed by atoms with Gasteiger partial charge in [0.05, 0.1) is 24.1 Å². The highest BCUT2D eigenvalue weighted by molar-refractivity contribution is 5.74. The zero-order chi connectivity index (χ0) is 19.8. The molecule has 0 saturated carbocycles. The van der Waals surface area contributed by atoms with E-state index in [1.54, 1.807) is 11.2 Å². The molecule has 3 heterocycles. The molecule has 0 amide bonds. The molecule has 4 rings (SSSR count). The SMILES string of the molecule is C/C(N)=C1\c2ccc(-c3cnn(C)c3)cc2C(Nc2ccnn2C)CCN1N. The molecule has 1 aliphatic heterocycles. The number of aryl methyl sites for hydroxylation is 2. The molecular weight excluding hydrogens is 352 g/mol. The van der Waals surface area contributed by atoms with Crippen LogP contribution in [0.3, 0.4) is 0 Å². The van der Waals surface area contributed by atoms with E-state index in [0.717, 1.165) is 40.2 Å². The molecule has 0 spiro atoms. The summed E-state index contributed by atoms with van der Waals surface area (Å²) in [4.78, 5) is 0. The Labute approximate surface area is 164 Å². The van der Waals surface area contributed by atoms with Crippen LogP contribution in [-0.4, -0.2) is 31.1 Å². The lowest BCUT2D eigenvalue weighted by Crippen LogP contribution is -2.31. The highest BCUT2D eigenvalue weighted by atomic mass is 15.4. The summed E-state index contributed by atoms with van der Waals surface area (Å²) in [6.07, 6.45) is 6.52. The van der Waals surface area contributed by atoms with E-state index in [2.05, 4.69) is 33.7 Å². The summed E-state index contributed by atoms with van der Waals surface area (Å²) in [7, 11) is 3.85. The molecule has 3 aromatic rings. The van der Waals surface area contributed by atoms with Crippen LogP contribution < -0.4 is 16.9 Å². The van der Waals surface area contributed by atoms with Gasteiger partial charge in [0.15, 0.2) is 0 Å². The molecule has 1 aromatic carbocycles. The van der Waals surface area contributed by atoms with Crippen molar-refractivity contribution in [3.8, 4) is 11.1 Å². The average molecular weight is 378 g/mol. The van der Waals surface area contributed by atoms with Crippen LogP contribution >= 0.6 is 0 Å². The van der Waals surface area contributed by atoms with Crippen LogP contribution in [0.2, 0.25) is 0 Å². The standard InChI is InChI=1S/C20H26N8/c1-13(21)20-16-5-4-14(15-11-24-26(2)12-15)10-17(16)18(7-9-28(20)22)25-19-6-8-23-27(19)3/h4-6,8,10-12,18,25H,7,9,21-22H2,1-3H3/b20-13-. The number of fused-ring (bicyclic) bond motifs is 1. The minimum Gasteiger partial charge on any atom is -0.401 e. The van der Waals surface area contributed by atoms with E-state index in [1.807, 2.05) is 48.8 Å². The van der Waals surface area contributed by atoms with E-state index in [-0.39, 0.29) is 6.04 Å². The van der Waals surface area contributed by atoms with Crippen molar-refractivity contribution in [2.24, 2.45) is 25.7 Å². The zero-order valence-corrected chi connectivity index (χ0v) is 16.4. The Bertz CT molecular complexity index is 1020. The van der Waals surface area contributed by atoms with Crippen LogP contribution in [0, 0.1) is 0 Å². The fraction of sp³-hybridized carbons (Fsp3) is 0.300. The van der Waals surface area contributed by atoms with Gasteiger partial charge in [-0.3, -0.25) is 9.36 Å². The zero-order valence-electron chi connectivity index (χ0n) is 16.4. The molecule has 0 fully saturated rings.